The molecule has 26 heavy (non-hydrogen) atoms. The Bertz CT molecular complexity index is 894. The first-order valence-electron chi connectivity index (χ1n) is 8.54. The molecule has 0 saturated carbocycles. The third kappa shape index (κ3) is 4.57. The normalized spacial score (nSPS) is 15.8. The molecular weight excluding hydrogens is 372 g/mol. The van der Waals surface area contributed by atoms with Crippen molar-refractivity contribution in [3.8, 4) is 0 Å². The SMILES string of the molecule is Cc1ccc(S(=O)(=O)Nc2ccc(CN3CCOCC3)c(Cl)c2)cc1C. The molecule has 0 bridgehead atoms. The quantitative estimate of drug-likeness (QED) is 0.841. The molecule has 7 heteroatoms. The molecule has 140 valence electrons. The highest BCUT2D eigenvalue weighted by Crippen LogP contribution is 2.25. The van der Waals surface area contributed by atoms with E-state index in [1.807, 2.05) is 26.0 Å². The van der Waals surface area contributed by atoms with Gasteiger partial charge in [0, 0.05) is 24.7 Å². The lowest BCUT2D eigenvalue weighted by atomic mass is 10.1. The second-order valence-corrected chi connectivity index (χ2v) is 8.64. The lowest BCUT2D eigenvalue weighted by Gasteiger charge is -2.27. The van der Waals surface area contributed by atoms with Crippen LogP contribution in [-0.4, -0.2) is 39.6 Å². The minimum Gasteiger partial charge on any atom is -0.379 e. The fraction of sp³-hybridized carbons (Fsp3) is 0.368. The van der Waals surface area contributed by atoms with Gasteiger partial charge >= 0.3 is 0 Å². The van der Waals surface area contributed by atoms with Gasteiger partial charge < -0.3 is 4.74 Å². The van der Waals surface area contributed by atoms with Gasteiger partial charge in [-0.1, -0.05) is 23.7 Å². The van der Waals surface area contributed by atoms with E-state index in [0.29, 0.717) is 10.7 Å². The third-order valence-electron chi connectivity index (χ3n) is 4.59. The average molecular weight is 395 g/mol. The summed E-state index contributed by atoms with van der Waals surface area (Å²) in [5, 5.41) is 0.553. The maximum absolute atomic E-state index is 12.6. The van der Waals surface area contributed by atoms with Gasteiger partial charge in [-0.05, 0) is 54.8 Å². The molecule has 0 aromatic heterocycles. The number of hydrogen-bond acceptors (Lipinski definition) is 4. The molecule has 1 aliphatic rings. The molecule has 1 aliphatic heterocycles. The Balaban J connectivity index is 1.75. The van der Waals surface area contributed by atoms with Crippen LogP contribution in [0.2, 0.25) is 5.02 Å². The fourth-order valence-electron chi connectivity index (χ4n) is 2.83. The number of aryl methyl sites for hydroxylation is 2. The van der Waals surface area contributed by atoms with Gasteiger partial charge in [-0.2, -0.15) is 0 Å². The number of rotatable bonds is 5. The van der Waals surface area contributed by atoms with Crippen molar-refractivity contribution in [2.45, 2.75) is 25.3 Å². The maximum atomic E-state index is 12.6. The highest BCUT2D eigenvalue weighted by atomic mass is 35.5. The summed E-state index contributed by atoms with van der Waals surface area (Å²) in [5.74, 6) is 0. The van der Waals surface area contributed by atoms with E-state index in [1.165, 1.54) is 0 Å². The minimum absolute atomic E-state index is 0.245. The molecule has 0 spiro atoms. The van der Waals surface area contributed by atoms with Crippen molar-refractivity contribution in [1.82, 2.24) is 4.90 Å². The van der Waals surface area contributed by atoms with Crippen molar-refractivity contribution >= 4 is 27.3 Å². The number of anilines is 1. The van der Waals surface area contributed by atoms with E-state index in [2.05, 4.69) is 9.62 Å². The van der Waals surface area contributed by atoms with E-state index in [9.17, 15) is 8.42 Å². The summed E-state index contributed by atoms with van der Waals surface area (Å²) in [6.07, 6.45) is 0. The average Bonchev–Trinajstić information content (AvgIpc) is 2.60. The molecule has 0 atom stereocenters. The number of ether oxygens (including phenoxy) is 1. The molecule has 5 nitrogen and oxygen atoms in total. The van der Waals surface area contributed by atoms with Crippen LogP contribution in [0, 0.1) is 13.8 Å². The van der Waals surface area contributed by atoms with E-state index in [1.54, 1.807) is 24.3 Å². The molecule has 1 heterocycles. The largest absolute Gasteiger partial charge is 0.379 e. The van der Waals surface area contributed by atoms with Crippen LogP contribution in [0.4, 0.5) is 5.69 Å². The summed E-state index contributed by atoms with van der Waals surface area (Å²) in [6.45, 7) is 7.77. The fourth-order valence-corrected chi connectivity index (χ4v) is 4.21. The van der Waals surface area contributed by atoms with Gasteiger partial charge in [-0.15, -0.1) is 0 Å². The number of benzene rings is 2. The van der Waals surface area contributed by atoms with Crippen molar-refractivity contribution < 1.29 is 13.2 Å². The molecule has 0 radical (unpaired) electrons. The monoisotopic (exact) mass is 394 g/mol. The van der Waals surface area contributed by atoms with Crippen molar-refractivity contribution in [2.24, 2.45) is 0 Å². The first-order valence-corrected chi connectivity index (χ1v) is 10.4. The Morgan fingerprint density at radius 2 is 1.81 bits per heavy atom. The summed E-state index contributed by atoms with van der Waals surface area (Å²) >= 11 is 6.38. The van der Waals surface area contributed by atoms with Crippen molar-refractivity contribution in [3.63, 3.8) is 0 Å². The summed E-state index contributed by atoms with van der Waals surface area (Å²) in [7, 11) is -3.64. The Hall–Kier alpha value is -1.60. The molecular formula is C19H23ClN2O3S. The van der Waals surface area contributed by atoms with Crippen LogP contribution in [0.3, 0.4) is 0 Å². The Morgan fingerprint density at radius 3 is 2.46 bits per heavy atom. The topological polar surface area (TPSA) is 58.6 Å². The van der Waals surface area contributed by atoms with Crippen LogP contribution in [-0.2, 0) is 21.3 Å². The Kier molecular flexibility index (Phi) is 5.87. The van der Waals surface area contributed by atoms with Gasteiger partial charge in [0.15, 0.2) is 0 Å². The zero-order valence-electron chi connectivity index (χ0n) is 15.0. The number of morpholine rings is 1. The lowest BCUT2D eigenvalue weighted by molar-refractivity contribution is 0.0342. The highest BCUT2D eigenvalue weighted by molar-refractivity contribution is 7.92. The predicted octanol–water partition coefficient (Wildman–Crippen LogP) is 3.59. The smallest absolute Gasteiger partial charge is 0.261 e. The molecule has 3 rings (SSSR count). The molecule has 0 unspecified atom stereocenters. The number of halogens is 1. The van der Waals surface area contributed by atoms with Crippen LogP contribution >= 0.6 is 11.6 Å². The van der Waals surface area contributed by atoms with E-state index in [4.69, 9.17) is 16.3 Å². The number of nitrogens with one attached hydrogen (secondary N) is 1. The van der Waals surface area contributed by atoms with Gasteiger partial charge in [0.05, 0.1) is 23.8 Å². The second kappa shape index (κ2) is 7.96. The molecule has 1 saturated heterocycles. The maximum Gasteiger partial charge on any atom is 0.261 e. The van der Waals surface area contributed by atoms with Crippen LogP contribution in [0.25, 0.3) is 0 Å². The summed E-state index contributed by atoms with van der Waals surface area (Å²) in [4.78, 5) is 2.51. The number of sulfonamides is 1. The molecule has 2 aromatic carbocycles. The number of hydrogen-bond donors (Lipinski definition) is 1. The van der Waals surface area contributed by atoms with Crippen molar-refractivity contribution in [2.75, 3.05) is 31.0 Å². The summed E-state index contributed by atoms with van der Waals surface area (Å²) in [6, 6.07) is 10.4. The highest BCUT2D eigenvalue weighted by Gasteiger charge is 2.17. The zero-order chi connectivity index (χ0) is 18.7. The van der Waals surface area contributed by atoms with Gasteiger partial charge in [-0.25, -0.2) is 8.42 Å². The van der Waals surface area contributed by atoms with Gasteiger partial charge in [-0.3, -0.25) is 9.62 Å². The second-order valence-electron chi connectivity index (χ2n) is 6.55. The molecule has 0 aliphatic carbocycles. The molecule has 1 N–H and O–H groups in total. The van der Waals surface area contributed by atoms with E-state index in [0.717, 1.165) is 49.5 Å². The number of nitrogens with zero attached hydrogens (tertiary/aromatic N) is 1. The Morgan fingerprint density at radius 1 is 1.08 bits per heavy atom. The molecule has 2 aromatic rings. The zero-order valence-corrected chi connectivity index (χ0v) is 16.5. The van der Waals surface area contributed by atoms with Crippen LogP contribution in [0.1, 0.15) is 16.7 Å². The third-order valence-corrected chi connectivity index (χ3v) is 6.32. The standard InChI is InChI=1S/C19H23ClN2O3S/c1-14-3-6-18(11-15(14)2)26(23,24)21-17-5-4-16(19(20)12-17)13-22-7-9-25-10-8-22/h3-6,11-12,21H,7-10,13H2,1-2H3. The first-order chi connectivity index (χ1) is 12.3. The first kappa shape index (κ1) is 19.2. The van der Waals surface area contributed by atoms with E-state index in [-0.39, 0.29) is 4.90 Å². The van der Waals surface area contributed by atoms with Crippen LogP contribution in [0.5, 0.6) is 0 Å². The van der Waals surface area contributed by atoms with Gasteiger partial charge in [0.25, 0.3) is 10.0 Å². The van der Waals surface area contributed by atoms with Crippen LogP contribution in [0.15, 0.2) is 41.3 Å². The predicted molar refractivity (Wildman–Crippen MR) is 104 cm³/mol. The summed E-state index contributed by atoms with van der Waals surface area (Å²) in [5.41, 5.74) is 3.42. The van der Waals surface area contributed by atoms with E-state index >= 15 is 0 Å². The Labute approximate surface area is 160 Å². The molecule has 0 amide bonds. The molecule has 1 fully saturated rings. The summed E-state index contributed by atoms with van der Waals surface area (Å²) < 4.78 is 33.2. The van der Waals surface area contributed by atoms with Crippen LogP contribution < -0.4 is 4.72 Å². The minimum atomic E-state index is -3.64. The van der Waals surface area contributed by atoms with Gasteiger partial charge in [0.1, 0.15) is 0 Å². The van der Waals surface area contributed by atoms with Gasteiger partial charge in [0.2, 0.25) is 0 Å². The van der Waals surface area contributed by atoms with Crippen molar-refractivity contribution in [1.29, 1.82) is 0 Å². The lowest BCUT2D eigenvalue weighted by Crippen LogP contribution is -2.35. The van der Waals surface area contributed by atoms with Crippen molar-refractivity contribution in [3.05, 3.63) is 58.1 Å². The van der Waals surface area contributed by atoms with E-state index < -0.39 is 10.0 Å².